The van der Waals surface area contributed by atoms with E-state index in [0.29, 0.717) is 6.61 Å². The molecule has 1 aromatic heterocycles. The van der Waals surface area contributed by atoms with Gasteiger partial charge >= 0.3 is 0 Å². The number of para-hydroxylation sites is 1. The number of benzene rings is 2. The van der Waals surface area contributed by atoms with E-state index in [1.807, 2.05) is 24.3 Å². The van der Waals surface area contributed by atoms with Crippen LogP contribution < -0.4 is 5.32 Å². The van der Waals surface area contributed by atoms with Gasteiger partial charge < -0.3 is 10.1 Å². The van der Waals surface area contributed by atoms with Gasteiger partial charge in [-0.25, -0.2) is 9.97 Å². The fourth-order valence-corrected chi connectivity index (χ4v) is 2.75. The molecule has 0 unspecified atom stereocenters. The van der Waals surface area contributed by atoms with Crippen LogP contribution in [0.2, 0.25) is 0 Å². The van der Waals surface area contributed by atoms with Crippen molar-refractivity contribution in [1.82, 2.24) is 9.97 Å². The number of rotatable bonds is 6. The highest BCUT2D eigenvalue weighted by Crippen LogP contribution is 2.19. The predicted octanol–water partition coefficient (Wildman–Crippen LogP) is 3.74. The normalized spacial score (nSPS) is 10.9. The van der Waals surface area contributed by atoms with Crippen LogP contribution in [0.3, 0.4) is 0 Å². The molecule has 2 aromatic carbocycles. The second-order valence-electron chi connectivity index (χ2n) is 5.62. The average Bonchev–Trinajstić information content (AvgIpc) is 2.57. The number of nitrogens with zero attached hydrogens (tertiary/aromatic N) is 2. The molecule has 4 nitrogen and oxygen atoms in total. The molecule has 0 saturated heterocycles. The van der Waals surface area contributed by atoms with Gasteiger partial charge in [-0.15, -0.1) is 0 Å². The zero-order chi connectivity index (χ0) is 16.1. The number of aromatic nitrogens is 2. The second-order valence-corrected chi connectivity index (χ2v) is 5.62. The lowest BCUT2D eigenvalue weighted by Crippen LogP contribution is -2.09. The van der Waals surface area contributed by atoms with Gasteiger partial charge in [0.2, 0.25) is 0 Å². The zero-order valence-corrected chi connectivity index (χ0v) is 13.5. The van der Waals surface area contributed by atoms with Crippen LogP contribution in [-0.4, -0.2) is 23.6 Å². The second kappa shape index (κ2) is 7.20. The van der Waals surface area contributed by atoms with E-state index in [4.69, 9.17) is 4.74 Å². The molecule has 0 aliphatic rings. The summed E-state index contributed by atoms with van der Waals surface area (Å²) in [5.41, 5.74) is 4.78. The first-order valence-corrected chi connectivity index (χ1v) is 7.79. The number of ether oxygens (including phenoxy) is 1. The molecule has 4 heteroatoms. The summed E-state index contributed by atoms with van der Waals surface area (Å²) < 4.78 is 5.30. The Labute approximate surface area is 136 Å². The standard InChI is InChI=1S/C19H21N3O/c1-14-7-8-15(16(11-14)12-23-2)9-10-20-19-17-5-3-4-6-18(17)21-13-22-19/h3-8,11,13H,9-10,12H2,1-2H3,(H,20,21,22). The van der Waals surface area contributed by atoms with Gasteiger partial charge in [-0.05, 0) is 36.6 Å². The first-order chi connectivity index (χ1) is 11.3. The number of hydrogen-bond acceptors (Lipinski definition) is 4. The van der Waals surface area contributed by atoms with E-state index >= 15 is 0 Å². The number of hydrogen-bond donors (Lipinski definition) is 1. The van der Waals surface area contributed by atoms with Crippen LogP contribution in [0, 0.1) is 6.92 Å². The molecule has 0 aliphatic heterocycles. The maximum atomic E-state index is 5.30. The van der Waals surface area contributed by atoms with Crippen molar-refractivity contribution in [3.05, 3.63) is 65.5 Å². The van der Waals surface area contributed by atoms with Crippen molar-refractivity contribution >= 4 is 16.7 Å². The molecule has 0 amide bonds. The molecule has 3 rings (SSSR count). The Morgan fingerprint density at radius 3 is 2.78 bits per heavy atom. The molecule has 0 aliphatic carbocycles. The number of anilines is 1. The maximum Gasteiger partial charge on any atom is 0.137 e. The monoisotopic (exact) mass is 307 g/mol. The van der Waals surface area contributed by atoms with E-state index in [2.05, 4.69) is 40.4 Å². The number of aryl methyl sites for hydroxylation is 1. The quantitative estimate of drug-likeness (QED) is 0.753. The summed E-state index contributed by atoms with van der Waals surface area (Å²) >= 11 is 0. The molecular formula is C19H21N3O. The van der Waals surface area contributed by atoms with Gasteiger partial charge in [0, 0.05) is 19.0 Å². The number of fused-ring (bicyclic) bond motifs is 1. The van der Waals surface area contributed by atoms with E-state index in [-0.39, 0.29) is 0 Å². The Kier molecular flexibility index (Phi) is 4.83. The minimum Gasteiger partial charge on any atom is -0.380 e. The van der Waals surface area contributed by atoms with Crippen LogP contribution in [-0.2, 0) is 17.8 Å². The van der Waals surface area contributed by atoms with Crippen molar-refractivity contribution in [3.8, 4) is 0 Å². The van der Waals surface area contributed by atoms with Gasteiger partial charge in [0.1, 0.15) is 12.1 Å². The Morgan fingerprint density at radius 1 is 1.04 bits per heavy atom. The van der Waals surface area contributed by atoms with E-state index in [1.165, 1.54) is 16.7 Å². The fraction of sp³-hybridized carbons (Fsp3) is 0.263. The first kappa shape index (κ1) is 15.4. The molecule has 0 fully saturated rings. The predicted molar refractivity (Wildman–Crippen MR) is 93.6 cm³/mol. The van der Waals surface area contributed by atoms with Crippen molar-refractivity contribution in [3.63, 3.8) is 0 Å². The van der Waals surface area contributed by atoms with Crippen LogP contribution in [0.1, 0.15) is 16.7 Å². The fourth-order valence-electron chi connectivity index (χ4n) is 2.75. The molecule has 0 bridgehead atoms. The number of nitrogens with one attached hydrogen (secondary N) is 1. The average molecular weight is 307 g/mol. The van der Waals surface area contributed by atoms with Gasteiger partial charge in [0.25, 0.3) is 0 Å². The van der Waals surface area contributed by atoms with Crippen LogP contribution in [0.5, 0.6) is 0 Å². The lowest BCUT2D eigenvalue weighted by Gasteiger charge is -2.12. The molecule has 23 heavy (non-hydrogen) atoms. The minimum absolute atomic E-state index is 0.646. The third-order valence-corrected chi connectivity index (χ3v) is 3.89. The van der Waals surface area contributed by atoms with E-state index in [1.54, 1.807) is 13.4 Å². The Bertz CT molecular complexity index is 796. The topological polar surface area (TPSA) is 47.0 Å². The minimum atomic E-state index is 0.646. The summed E-state index contributed by atoms with van der Waals surface area (Å²) in [6.07, 6.45) is 2.53. The SMILES string of the molecule is COCc1cc(C)ccc1CCNc1ncnc2ccccc12. The molecular weight excluding hydrogens is 286 g/mol. The highest BCUT2D eigenvalue weighted by atomic mass is 16.5. The van der Waals surface area contributed by atoms with Gasteiger partial charge in [-0.1, -0.05) is 35.9 Å². The van der Waals surface area contributed by atoms with Crippen LogP contribution in [0.15, 0.2) is 48.8 Å². The summed E-state index contributed by atoms with van der Waals surface area (Å²) in [5, 5.41) is 4.48. The Hall–Kier alpha value is -2.46. The zero-order valence-electron chi connectivity index (χ0n) is 13.5. The summed E-state index contributed by atoms with van der Waals surface area (Å²) in [7, 11) is 1.73. The van der Waals surface area contributed by atoms with Crippen LogP contribution >= 0.6 is 0 Å². The van der Waals surface area contributed by atoms with Crippen LogP contribution in [0.4, 0.5) is 5.82 Å². The van der Waals surface area contributed by atoms with E-state index < -0.39 is 0 Å². The lowest BCUT2D eigenvalue weighted by molar-refractivity contribution is 0.184. The molecule has 0 atom stereocenters. The summed E-state index contributed by atoms with van der Waals surface area (Å²) in [6.45, 7) is 3.57. The number of methoxy groups -OCH3 is 1. The summed E-state index contributed by atoms with van der Waals surface area (Å²) in [6, 6.07) is 14.6. The lowest BCUT2D eigenvalue weighted by atomic mass is 10.0. The molecule has 1 N–H and O–H groups in total. The van der Waals surface area contributed by atoms with Gasteiger partial charge in [0.15, 0.2) is 0 Å². The molecule has 3 aromatic rings. The molecule has 118 valence electrons. The van der Waals surface area contributed by atoms with Crippen molar-refractivity contribution < 1.29 is 4.74 Å². The molecule has 0 radical (unpaired) electrons. The van der Waals surface area contributed by atoms with E-state index in [9.17, 15) is 0 Å². The van der Waals surface area contributed by atoms with Gasteiger partial charge in [-0.2, -0.15) is 0 Å². The molecule has 0 saturated carbocycles. The summed E-state index contributed by atoms with van der Waals surface area (Å²) in [5.74, 6) is 0.885. The van der Waals surface area contributed by atoms with Crippen molar-refractivity contribution in [2.75, 3.05) is 19.0 Å². The van der Waals surface area contributed by atoms with Crippen molar-refractivity contribution in [1.29, 1.82) is 0 Å². The maximum absolute atomic E-state index is 5.30. The Balaban J connectivity index is 1.72. The highest BCUT2D eigenvalue weighted by molar-refractivity contribution is 5.88. The molecule has 0 spiro atoms. The third kappa shape index (κ3) is 3.66. The highest BCUT2D eigenvalue weighted by Gasteiger charge is 2.05. The molecule has 1 heterocycles. The Morgan fingerprint density at radius 2 is 1.91 bits per heavy atom. The van der Waals surface area contributed by atoms with Crippen molar-refractivity contribution in [2.24, 2.45) is 0 Å². The van der Waals surface area contributed by atoms with E-state index in [0.717, 1.165) is 29.7 Å². The van der Waals surface area contributed by atoms with Crippen molar-refractivity contribution in [2.45, 2.75) is 20.0 Å². The summed E-state index contributed by atoms with van der Waals surface area (Å²) in [4.78, 5) is 8.65. The third-order valence-electron chi connectivity index (χ3n) is 3.89. The largest absolute Gasteiger partial charge is 0.380 e. The first-order valence-electron chi connectivity index (χ1n) is 7.79. The smallest absolute Gasteiger partial charge is 0.137 e. The van der Waals surface area contributed by atoms with Gasteiger partial charge in [0.05, 0.1) is 12.1 Å². The van der Waals surface area contributed by atoms with Gasteiger partial charge in [-0.3, -0.25) is 0 Å². The van der Waals surface area contributed by atoms with Crippen LogP contribution in [0.25, 0.3) is 10.9 Å².